The Labute approximate surface area is 196 Å². The molecule has 33 heavy (non-hydrogen) atoms. The molecule has 0 aliphatic carbocycles. The molecule has 0 radical (unpaired) electrons. The molecule has 0 spiro atoms. The largest absolute Gasteiger partial charge is 0.377 e. The highest BCUT2D eigenvalue weighted by atomic mass is 16.5. The summed E-state index contributed by atoms with van der Waals surface area (Å²) in [4.78, 5) is 9.59. The van der Waals surface area contributed by atoms with E-state index in [1.807, 2.05) is 24.3 Å². The minimum atomic E-state index is -0.925. The zero-order valence-electron chi connectivity index (χ0n) is 19.5. The standard InChI is InChI=1S/C27H33N3O3/c1-32-24-17-30(18-25(24)33-2)26-9-8-21(23(28-26)16-20-6-4-3-5-7-20)10-13-27(31)19-29-14-11-22(27)12-15-29/h3-9,22,24-25,31H,11-12,14-19H2,1-2H3/t24-,25-,27-/m1/s1. The molecule has 174 valence electrons. The minimum Gasteiger partial charge on any atom is -0.377 e. The first-order chi connectivity index (χ1) is 16.1. The summed E-state index contributed by atoms with van der Waals surface area (Å²) in [6.45, 7) is 4.29. The molecule has 6 heteroatoms. The average molecular weight is 448 g/mol. The van der Waals surface area contributed by atoms with Crippen LogP contribution in [0.25, 0.3) is 0 Å². The van der Waals surface area contributed by atoms with Crippen molar-refractivity contribution in [2.75, 3.05) is 51.8 Å². The van der Waals surface area contributed by atoms with Gasteiger partial charge in [-0.25, -0.2) is 4.98 Å². The summed E-state index contributed by atoms with van der Waals surface area (Å²) < 4.78 is 11.2. The van der Waals surface area contributed by atoms with Gasteiger partial charge in [0.1, 0.15) is 23.6 Å². The maximum atomic E-state index is 11.3. The SMILES string of the molecule is CO[C@@H]1CN(c2ccc(C#C[C@@]3(O)CN4CCC3CC4)c(Cc3ccccc3)n2)C[C@H]1OC. The van der Waals surface area contributed by atoms with Crippen molar-refractivity contribution in [1.82, 2.24) is 9.88 Å². The third-order valence-corrected chi connectivity index (χ3v) is 7.46. The molecule has 1 aromatic heterocycles. The Bertz CT molecular complexity index is 1010. The summed E-state index contributed by atoms with van der Waals surface area (Å²) in [5, 5.41) is 11.3. The fraction of sp³-hybridized carbons (Fsp3) is 0.519. The van der Waals surface area contributed by atoms with E-state index in [2.05, 4.69) is 39.8 Å². The van der Waals surface area contributed by atoms with Crippen molar-refractivity contribution < 1.29 is 14.6 Å². The first-order valence-electron chi connectivity index (χ1n) is 11.9. The second kappa shape index (κ2) is 9.44. The summed E-state index contributed by atoms with van der Waals surface area (Å²) in [5.41, 5.74) is 2.09. The van der Waals surface area contributed by atoms with Crippen LogP contribution in [0.5, 0.6) is 0 Å². The molecular weight excluding hydrogens is 414 g/mol. The van der Waals surface area contributed by atoms with Crippen LogP contribution in [0, 0.1) is 17.8 Å². The Balaban J connectivity index is 1.45. The molecule has 4 aliphatic rings. The Kier molecular flexibility index (Phi) is 6.40. The van der Waals surface area contributed by atoms with Crippen LogP contribution >= 0.6 is 0 Å². The number of benzene rings is 1. The fourth-order valence-corrected chi connectivity index (χ4v) is 5.44. The smallest absolute Gasteiger partial charge is 0.141 e. The fourth-order valence-electron chi connectivity index (χ4n) is 5.44. The lowest BCUT2D eigenvalue weighted by Crippen LogP contribution is -2.58. The third-order valence-electron chi connectivity index (χ3n) is 7.46. The first-order valence-corrected chi connectivity index (χ1v) is 11.9. The average Bonchev–Trinajstić information content (AvgIpc) is 3.28. The lowest BCUT2D eigenvalue weighted by atomic mass is 9.75. The van der Waals surface area contributed by atoms with Gasteiger partial charge in [0.05, 0.1) is 5.69 Å². The molecule has 1 N–H and O–H groups in total. The van der Waals surface area contributed by atoms with E-state index in [-0.39, 0.29) is 18.1 Å². The molecule has 4 aliphatic heterocycles. The molecule has 2 aromatic rings. The van der Waals surface area contributed by atoms with Gasteiger partial charge in [-0.1, -0.05) is 42.2 Å². The summed E-state index contributed by atoms with van der Waals surface area (Å²) in [7, 11) is 3.46. The predicted octanol–water partition coefficient (Wildman–Crippen LogP) is 2.33. The van der Waals surface area contributed by atoms with Gasteiger partial charge in [0, 0.05) is 51.8 Å². The van der Waals surface area contributed by atoms with Crippen molar-refractivity contribution in [3.05, 3.63) is 59.3 Å². The number of anilines is 1. The second-order valence-corrected chi connectivity index (χ2v) is 9.50. The number of aromatic nitrogens is 1. The van der Waals surface area contributed by atoms with Crippen LogP contribution in [-0.4, -0.2) is 79.7 Å². The van der Waals surface area contributed by atoms with E-state index in [0.29, 0.717) is 13.0 Å². The number of pyridine rings is 1. The number of ether oxygens (including phenoxy) is 2. The van der Waals surface area contributed by atoms with E-state index in [1.165, 1.54) is 5.56 Å². The molecule has 4 fully saturated rings. The van der Waals surface area contributed by atoms with Gasteiger partial charge in [0.2, 0.25) is 0 Å². The third kappa shape index (κ3) is 4.64. The molecule has 5 heterocycles. The van der Waals surface area contributed by atoms with Crippen molar-refractivity contribution in [3.63, 3.8) is 0 Å². The normalized spacial score (nSPS) is 30.8. The van der Waals surface area contributed by atoms with Crippen LogP contribution < -0.4 is 4.90 Å². The molecule has 0 saturated carbocycles. The Morgan fingerprint density at radius 3 is 2.33 bits per heavy atom. The molecule has 1 aromatic carbocycles. The Morgan fingerprint density at radius 2 is 1.73 bits per heavy atom. The number of aliphatic hydroxyl groups is 1. The first kappa shape index (κ1) is 22.4. The quantitative estimate of drug-likeness (QED) is 0.710. The molecule has 3 atom stereocenters. The number of nitrogens with zero attached hydrogens (tertiary/aromatic N) is 3. The molecule has 2 bridgehead atoms. The Morgan fingerprint density at radius 1 is 1.03 bits per heavy atom. The number of piperidine rings is 3. The summed E-state index contributed by atoms with van der Waals surface area (Å²) in [6.07, 6.45) is 2.80. The number of rotatable bonds is 5. The number of hydrogen-bond acceptors (Lipinski definition) is 6. The summed E-state index contributed by atoms with van der Waals surface area (Å²) >= 11 is 0. The second-order valence-electron chi connectivity index (χ2n) is 9.50. The van der Waals surface area contributed by atoms with Crippen molar-refractivity contribution >= 4 is 5.82 Å². The highest BCUT2D eigenvalue weighted by molar-refractivity contribution is 5.50. The highest BCUT2D eigenvalue weighted by Gasteiger charge is 2.44. The molecule has 4 saturated heterocycles. The van der Waals surface area contributed by atoms with E-state index in [0.717, 1.165) is 56.1 Å². The van der Waals surface area contributed by atoms with Gasteiger partial charge in [0.25, 0.3) is 0 Å². The maximum Gasteiger partial charge on any atom is 0.141 e. The summed E-state index contributed by atoms with van der Waals surface area (Å²) in [6, 6.07) is 14.4. The number of hydrogen-bond donors (Lipinski definition) is 1. The van der Waals surface area contributed by atoms with E-state index < -0.39 is 5.60 Å². The number of fused-ring (bicyclic) bond motifs is 3. The van der Waals surface area contributed by atoms with Crippen molar-refractivity contribution in [3.8, 4) is 11.8 Å². The Hall–Kier alpha value is -2.43. The lowest BCUT2D eigenvalue weighted by molar-refractivity contribution is -0.0713. The van der Waals surface area contributed by atoms with Crippen LogP contribution in [0.15, 0.2) is 42.5 Å². The maximum absolute atomic E-state index is 11.3. The van der Waals surface area contributed by atoms with Gasteiger partial charge in [-0.15, -0.1) is 0 Å². The minimum absolute atomic E-state index is 0.0276. The topological polar surface area (TPSA) is 58.1 Å². The molecule has 0 unspecified atom stereocenters. The van der Waals surface area contributed by atoms with E-state index >= 15 is 0 Å². The van der Waals surface area contributed by atoms with Crippen LogP contribution in [0.1, 0.15) is 29.7 Å². The van der Waals surface area contributed by atoms with Gasteiger partial charge in [-0.2, -0.15) is 0 Å². The highest BCUT2D eigenvalue weighted by Crippen LogP contribution is 2.35. The zero-order valence-corrected chi connectivity index (χ0v) is 19.5. The van der Waals surface area contributed by atoms with Gasteiger partial charge in [0.15, 0.2) is 0 Å². The monoisotopic (exact) mass is 447 g/mol. The molecule has 0 amide bonds. The van der Waals surface area contributed by atoms with Gasteiger partial charge in [-0.05, 0) is 43.6 Å². The predicted molar refractivity (Wildman–Crippen MR) is 128 cm³/mol. The molecule has 6 rings (SSSR count). The van der Waals surface area contributed by atoms with Crippen molar-refractivity contribution in [2.24, 2.45) is 5.92 Å². The van der Waals surface area contributed by atoms with Crippen LogP contribution in [-0.2, 0) is 15.9 Å². The lowest BCUT2D eigenvalue weighted by Gasteiger charge is -2.47. The number of methoxy groups -OCH3 is 2. The zero-order chi connectivity index (χ0) is 22.8. The van der Waals surface area contributed by atoms with Gasteiger partial charge in [-0.3, -0.25) is 4.90 Å². The van der Waals surface area contributed by atoms with Crippen LogP contribution in [0.4, 0.5) is 5.82 Å². The van der Waals surface area contributed by atoms with Gasteiger partial charge >= 0.3 is 0 Å². The van der Waals surface area contributed by atoms with Crippen molar-refractivity contribution in [1.29, 1.82) is 0 Å². The van der Waals surface area contributed by atoms with E-state index in [4.69, 9.17) is 14.5 Å². The molecule has 6 nitrogen and oxygen atoms in total. The summed E-state index contributed by atoms with van der Waals surface area (Å²) in [5.74, 6) is 7.77. The van der Waals surface area contributed by atoms with Crippen LogP contribution in [0.2, 0.25) is 0 Å². The van der Waals surface area contributed by atoms with Crippen molar-refractivity contribution in [2.45, 2.75) is 37.1 Å². The van der Waals surface area contributed by atoms with Gasteiger partial charge < -0.3 is 19.5 Å². The van der Waals surface area contributed by atoms with E-state index in [9.17, 15) is 5.11 Å². The molecular formula is C27H33N3O3. The van der Waals surface area contributed by atoms with E-state index in [1.54, 1.807) is 14.2 Å². The van der Waals surface area contributed by atoms with Crippen LogP contribution in [0.3, 0.4) is 0 Å².